The Hall–Kier alpha value is -4.34. The summed E-state index contributed by atoms with van der Waals surface area (Å²) in [6.45, 7) is 0.807. The number of nitrogens with zero attached hydrogens (tertiary/aromatic N) is 3. The summed E-state index contributed by atoms with van der Waals surface area (Å²) in [7, 11) is 1.58. The van der Waals surface area contributed by atoms with E-state index in [0.717, 1.165) is 27.8 Å². The van der Waals surface area contributed by atoms with Crippen molar-refractivity contribution in [1.29, 1.82) is 0 Å². The van der Waals surface area contributed by atoms with Gasteiger partial charge in [0.1, 0.15) is 11.6 Å². The summed E-state index contributed by atoms with van der Waals surface area (Å²) >= 11 is 0. The lowest BCUT2D eigenvalue weighted by Gasteiger charge is -2.36. The summed E-state index contributed by atoms with van der Waals surface area (Å²) < 4.78 is 10.7. The van der Waals surface area contributed by atoms with Gasteiger partial charge in [-0.2, -0.15) is 0 Å². The molecule has 0 saturated carbocycles. The van der Waals surface area contributed by atoms with Crippen LogP contribution in [0.15, 0.2) is 73.2 Å². The molecule has 1 amide bonds. The number of ether oxygens (including phenoxy) is 2. The van der Waals surface area contributed by atoms with E-state index in [1.807, 2.05) is 42.5 Å². The molecule has 38 heavy (non-hydrogen) atoms. The molecule has 9 nitrogen and oxygen atoms in total. The second-order valence-electron chi connectivity index (χ2n) is 9.17. The molecular formula is C29H29N5O4. The standard InChI is InChI=1S/C29H29N5O4/c1-37-26-9-5-21(16-32-26)20-4-8-25(31-15-20)34-28(36)29(10-12-38-13-11-29)24-6-2-19(3-7-24)22-14-23(18-35)27(30)33-17-22/h2-9,14-17,35H,10-13,18H2,1H3,(H2,30,33)(H,31,34,36). The number of rotatable bonds is 7. The molecule has 0 atom stereocenters. The van der Waals surface area contributed by atoms with E-state index in [1.165, 1.54) is 0 Å². The number of aliphatic hydroxyl groups is 1. The number of nitrogens with two attached hydrogens (primary N) is 1. The number of nitrogen functional groups attached to an aromatic ring is 1. The normalized spacial score (nSPS) is 14.6. The zero-order chi connectivity index (χ0) is 26.5. The summed E-state index contributed by atoms with van der Waals surface area (Å²) in [4.78, 5) is 26.6. The van der Waals surface area contributed by atoms with Crippen LogP contribution in [0.2, 0.25) is 0 Å². The van der Waals surface area contributed by atoms with E-state index in [9.17, 15) is 9.90 Å². The Morgan fingerprint density at radius 3 is 2.21 bits per heavy atom. The van der Waals surface area contributed by atoms with Gasteiger partial charge in [-0.1, -0.05) is 24.3 Å². The molecule has 9 heteroatoms. The van der Waals surface area contributed by atoms with Crippen LogP contribution in [0.25, 0.3) is 22.3 Å². The SMILES string of the molecule is COc1ccc(-c2ccc(NC(=O)C3(c4ccc(-c5cnc(N)c(CO)c5)cc4)CCOCC3)nc2)cn1. The monoisotopic (exact) mass is 511 g/mol. The van der Waals surface area contributed by atoms with Gasteiger partial charge in [0, 0.05) is 60.1 Å². The summed E-state index contributed by atoms with van der Waals surface area (Å²) in [6.07, 6.45) is 6.24. The predicted molar refractivity (Wildman–Crippen MR) is 144 cm³/mol. The van der Waals surface area contributed by atoms with Gasteiger partial charge in [0.2, 0.25) is 11.8 Å². The van der Waals surface area contributed by atoms with E-state index in [-0.39, 0.29) is 12.5 Å². The topological polar surface area (TPSA) is 132 Å². The Kier molecular flexibility index (Phi) is 7.30. The third-order valence-electron chi connectivity index (χ3n) is 7.01. The van der Waals surface area contributed by atoms with Crippen LogP contribution in [-0.2, 0) is 21.6 Å². The number of hydrogen-bond acceptors (Lipinski definition) is 8. The second kappa shape index (κ2) is 11.0. The predicted octanol–water partition coefficient (Wildman–Crippen LogP) is 3.98. The number of methoxy groups -OCH3 is 1. The average molecular weight is 512 g/mol. The molecule has 0 radical (unpaired) electrons. The maximum atomic E-state index is 13.7. The van der Waals surface area contributed by atoms with Crippen LogP contribution in [0.3, 0.4) is 0 Å². The van der Waals surface area contributed by atoms with Crippen molar-refractivity contribution in [1.82, 2.24) is 15.0 Å². The fraction of sp³-hybridized carbons (Fsp3) is 0.241. The van der Waals surface area contributed by atoms with Gasteiger partial charge in [-0.15, -0.1) is 0 Å². The molecule has 1 saturated heterocycles. The number of aromatic nitrogens is 3. The maximum Gasteiger partial charge on any atom is 0.236 e. The van der Waals surface area contributed by atoms with Crippen LogP contribution in [0.4, 0.5) is 11.6 Å². The number of carbonyl (C=O) groups is 1. The first-order chi connectivity index (χ1) is 18.5. The number of pyridine rings is 3. The minimum Gasteiger partial charge on any atom is -0.481 e. The lowest BCUT2D eigenvalue weighted by atomic mass is 9.73. The molecule has 0 bridgehead atoms. The van der Waals surface area contributed by atoms with E-state index in [2.05, 4.69) is 20.3 Å². The maximum absolute atomic E-state index is 13.7. The molecule has 4 N–H and O–H groups in total. The van der Waals surface area contributed by atoms with Gasteiger partial charge >= 0.3 is 0 Å². The van der Waals surface area contributed by atoms with Gasteiger partial charge < -0.3 is 25.6 Å². The van der Waals surface area contributed by atoms with Crippen LogP contribution in [0.5, 0.6) is 5.88 Å². The molecule has 1 aromatic carbocycles. The van der Waals surface area contributed by atoms with Gasteiger partial charge in [-0.25, -0.2) is 15.0 Å². The Labute approximate surface area is 220 Å². The summed E-state index contributed by atoms with van der Waals surface area (Å²) in [5, 5.41) is 12.5. The highest BCUT2D eigenvalue weighted by atomic mass is 16.5. The van der Waals surface area contributed by atoms with Crippen LogP contribution in [0, 0.1) is 0 Å². The second-order valence-corrected chi connectivity index (χ2v) is 9.17. The summed E-state index contributed by atoms with van der Waals surface area (Å²) in [5.41, 5.74) is 10.1. The molecule has 194 valence electrons. The fourth-order valence-electron chi connectivity index (χ4n) is 4.70. The molecule has 3 aromatic heterocycles. The highest BCUT2D eigenvalue weighted by Crippen LogP contribution is 2.37. The Balaban J connectivity index is 1.36. The van der Waals surface area contributed by atoms with E-state index < -0.39 is 5.41 Å². The molecule has 1 aliphatic rings. The third-order valence-corrected chi connectivity index (χ3v) is 7.01. The Morgan fingerprint density at radius 2 is 1.61 bits per heavy atom. The van der Waals surface area contributed by atoms with Gasteiger partial charge in [0.25, 0.3) is 0 Å². The van der Waals surface area contributed by atoms with Crippen LogP contribution in [0.1, 0.15) is 24.0 Å². The molecular weight excluding hydrogens is 482 g/mol. The average Bonchev–Trinajstić information content (AvgIpc) is 2.98. The first kappa shape index (κ1) is 25.3. The smallest absolute Gasteiger partial charge is 0.236 e. The number of hydrogen-bond donors (Lipinski definition) is 3. The van der Waals surface area contributed by atoms with E-state index in [4.69, 9.17) is 15.2 Å². The van der Waals surface area contributed by atoms with Crippen molar-refractivity contribution in [2.24, 2.45) is 0 Å². The summed E-state index contributed by atoms with van der Waals surface area (Å²) in [5.74, 6) is 1.22. The molecule has 0 aliphatic carbocycles. The Morgan fingerprint density at radius 1 is 0.947 bits per heavy atom. The molecule has 4 aromatic rings. The van der Waals surface area contributed by atoms with Gasteiger partial charge in [0.15, 0.2) is 0 Å². The number of nitrogens with one attached hydrogen (secondary N) is 1. The largest absolute Gasteiger partial charge is 0.481 e. The quantitative estimate of drug-likeness (QED) is 0.339. The first-order valence-electron chi connectivity index (χ1n) is 12.3. The minimum absolute atomic E-state index is 0.114. The molecule has 0 unspecified atom stereocenters. The number of anilines is 2. The van der Waals surface area contributed by atoms with Crippen molar-refractivity contribution in [2.75, 3.05) is 31.4 Å². The first-order valence-corrected chi connectivity index (χ1v) is 12.3. The van der Waals surface area contributed by atoms with Gasteiger partial charge in [-0.3, -0.25) is 4.79 Å². The molecule has 1 fully saturated rings. The zero-order valence-electron chi connectivity index (χ0n) is 21.1. The summed E-state index contributed by atoms with van der Waals surface area (Å²) in [6, 6.07) is 17.1. The number of carbonyl (C=O) groups excluding carboxylic acids is 1. The van der Waals surface area contributed by atoms with Crippen molar-refractivity contribution in [3.8, 4) is 28.1 Å². The fourth-order valence-corrected chi connectivity index (χ4v) is 4.70. The van der Waals surface area contributed by atoms with Gasteiger partial charge in [-0.05, 0) is 48.2 Å². The molecule has 5 rings (SSSR count). The van der Waals surface area contributed by atoms with Crippen LogP contribution in [-0.4, -0.2) is 46.3 Å². The molecule has 0 spiro atoms. The van der Waals surface area contributed by atoms with Crippen molar-refractivity contribution >= 4 is 17.5 Å². The van der Waals surface area contributed by atoms with Crippen molar-refractivity contribution < 1.29 is 19.4 Å². The number of amides is 1. The van der Waals surface area contributed by atoms with Crippen molar-refractivity contribution in [3.05, 3.63) is 84.3 Å². The van der Waals surface area contributed by atoms with E-state index in [1.54, 1.807) is 37.8 Å². The van der Waals surface area contributed by atoms with Crippen molar-refractivity contribution in [2.45, 2.75) is 24.9 Å². The van der Waals surface area contributed by atoms with Crippen molar-refractivity contribution in [3.63, 3.8) is 0 Å². The zero-order valence-corrected chi connectivity index (χ0v) is 21.1. The van der Waals surface area contributed by atoms with Crippen LogP contribution >= 0.6 is 0 Å². The number of aliphatic hydroxyl groups excluding tert-OH is 1. The number of benzene rings is 1. The van der Waals surface area contributed by atoms with Gasteiger partial charge in [0.05, 0.1) is 19.1 Å². The third kappa shape index (κ3) is 5.06. The lowest BCUT2D eigenvalue weighted by Crippen LogP contribution is -2.45. The highest BCUT2D eigenvalue weighted by Gasteiger charge is 2.42. The lowest BCUT2D eigenvalue weighted by molar-refractivity contribution is -0.125. The van der Waals surface area contributed by atoms with Crippen LogP contribution < -0.4 is 15.8 Å². The molecule has 4 heterocycles. The molecule has 1 aliphatic heterocycles. The highest BCUT2D eigenvalue weighted by molar-refractivity contribution is 5.99. The van der Waals surface area contributed by atoms with E-state index >= 15 is 0 Å². The Bertz CT molecular complexity index is 1400. The van der Waals surface area contributed by atoms with E-state index in [0.29, 0.717) is 49.1 Å². The minimum atomic E-state index is -0.743.